The summed E-state index contributed by atoms with van der Waals surface area (Å²) >= 11 is 0. The molecule has 1 aromatic carbocycles. The topological polar surface area (TPSA) is 50.4 Å². The Kier molecular flexibility index (Phi) is 8.12. The summed E-state index contributed by atoms with van der Waals surface area (Å²) in [5.41, 5.74) is 0.412. The predicted molar refractivity (Wildman–Crippen MR) is 76.8 cm³/mol. The molecule has 21 heavy (non-hydrogen) atoms. The molecule has 0 saturated carbocycles. The van der Waals surface area contributed by atoms with Crippen LogP contribution in [-0.2, 0) is 4.79 Å². The minimum atomic E-state index is -4.72. The number of benzene rings is 1. The van der Waals surface area contributed by atoms with Crippen LogP contribution < -0.4 is 15.4 Å². The largest absolute Gasteiger partial charge is 0.573 e. The maximum absolute atomic E-state index is 12.0. The number of carbonyl (C=O) groups excluding carboxylic acids is 1. The zero-order valence-corrected chi connectivity index (χ0v) is 12.5. The van der Waals surface area contributed by atoms with Crippen LogP contribution in [0.3, 0.4) is 0 Å². The molecule has 0 aliphatic heterocycles. The molecule has 0 aliphatic rings. The minimum Gasteiger partial charge on any atom is -0.406 e. The smallest absolute Gasteiger partial charge is 0.406 e. The van der Waals surface area contributed by atoms with Crippen molar-refractivity contribution in [2.24, 2.45) is 0 Å². The van der Waals surface area contributed by atoms with Gasteiger partial charge < -0.3 is 15.4 Å². The molecule has 0 spiro atoms. The number of halogens is 4. The Morgan fingerprint density at radius 3 is 2.33 bits per heavy atom. The fourth-order valence-electron chi connectivity index (χ4n) is 1.44. The van der Waals surface area contributed by atoms with Crippen molar-refractivity contribution in [2.45, 2.75) is 32.7 Å². The average Bonchev–Trinajstić information content (AvgIpc) is 2.36. The Morgan fingerprint density at radius 1 is 1.29 bits per heavy atom. The number of carbonyl (C=O) groups is 1. The molecule has 0 aromatic heterocycles. The van der Waals surface area contributed by atoms with Gasteiger partial charge in [0.2, 0.25) is 5.91 Å². The Balaban J connectivity index is 0.00000400. The number of nitrogens with one attached hydrogen (secondary N) is 2. The van der Waals surface area contributed by atoms with Crippen LogP contribution in [0.1, 0.15) is 20.3 Å². The third-order valence-electron chi connectivity index (χ3n) is 2.45. The van der Waals surface area contributed by atoms with E-state index >= 15 is 0 Å². The first-order chi connectivity index (χ1) is 9.31. The molecule has 0 heterocycles. The summed E-state index contributed by atoms with van der Waals surface area (Å²) in [6.07, 6.45) is -3.82. The van der Waals surface area contributed by atoms with Crippen LogP contribution >= 0.6 is 12.4 Å². The van der Waals surface area contributed by atoms with Gasteiger partial charge in [-0.25, -0.2) is 0 Å². The molecule has 0 saturated heterocycles. The van der Waals surface area contributed by atoms with Gasteiger partial charge in [-0.1, -0.05) is 6.92 Å². The van der Waals surface area contributed by atoms with Gasteiger partial charge >= 0.3 is 6.36 Å². The average molecular weight is 327 g/mol. The molecule has 1 amide bonds. The van der Waals surface area contributed by atoms with Crippen LogP contribution in [0.4, 0.5) is 18.9 Å². The Labute approximate surface area is 127 Å². The lowest BCUT2D eigenvalue weighted by Gasteiger charge is -2.14. The van der Waals surface area contributed by atoms with Gasteiger partial charge in [-0.05, 0) is 44.2 Å². The van der Waals surface area contributed by atoms with Crippen molar-refractivity contribution in [2.75, 3.05) is 11.9 Å². The number of alkyl halides is 3. The zero-order chi connectivity index (χ0) is 15.2. The molecule has 1 aromatic rings. The Bertz CT molecular complexity index is 438. The first kappa shape index (κ1) is 19.5. The maximum atomic E-state index is 12.0. The predicted octanol–water partition coefficient (Wildman–Crippen LogP) is 3.33. The van der Waals surface area contributed by atoms with Gasteiger partial charge in [-0.15, -0.1) is 25.6 Å². The van der Waals surface area contributed by atoms with E-state index in [0.717, 1.165) is 18.6 Å². The highest BCUT2D eigenvalue weighted by atomic mass is 35.5. The van der Waals surface area contributed by atoms with Crippen molar-refractivity contribution < 1.29 is 22.7 Å². The summed E-state index contributed by atoms with van der Waals surface area (Å²) in [4.78, 5) is 11.7. The summed E-state index contributed by atoms with van der Waals surface area (Å²) < 4.78 is 39.7. The van der Waals surface area contributed by atoms with E-state index in [-0.39, 0.29) is 30.1 Å². The summed E-state index contributed by atoms with van der Waals surface area (Å²) in [5, 5.41) is 5.61. The zero-order valence-electron chi connectivity index (χ0n) is 11.7. The lowest BCUT2D eigenvalue weighted by molar-refractivity contribution is -0.274. The van der Waals surface area contributed by atoms with E-state index in [1.54, 1.807) is 6.92 Å². The third kappa shape index (κ3) is 7.77. The third-order valence-corrected chi connectivity index (χ3v) is 2.45. The van der Waals surface area contributed by atoms with Gasteiger partial charge in [-0.2, -0.15) is 0 Å². The van der Waals surface area contributed by atoms with E-state index in [1.807, 2.05) is 6.92 Å². The molecule has 2 N–H and O–H groups in total. The molecule has 1 rings (SSSR count). The quantitative estimate of drug-likeness (QED) is 0.843. The molecular weight excluding hydrogens is 309 g/mol. The first-order valence-electron chi connectivity index (χ1n) is 6.22. The van der Waals surface area contributed by atoms with E-state index in [1.165, 1.54) is 12.1 Å². The first-order valence-corrected chi connectivity index (χ1v) is 6.22. The van der Waals surface area contributed by atoms with Gasteiger partial charge in [0.15, 0.2) is 0 Å². The number of rotatable bonds is 6. The van der Waals surface area contributed by atoms with Gasteiger partial charge in [0, 0.05) is 5.69 Å². The van der Waals surface area contributed by atoms with E-state index in [0.29, 0.717) is 12.2 Å². The molecule has 0 fully saturated rings. The van der Waals surface area contributed by atoms with Gasteiger partial charge in [-0.3, -0.25) is 4.79 Å². The maximum Gasteiger partial charge on any atom is 0.573 e. The highest BCUT2D eigenvalue weighted by molar-refractivity contribution is 5.94. The number of hydrogen-bond donors (Lipinski definition) is 2. The van der Waals surface area contributed by atoms with Crippen LogP contribution in [0.5, 0.6) is 5.75 Å². The number of hydrogen-bond acceptors (Lipinski definition) is 3. The molecule has 0 bridgehead atoms. The number of ether oxygens (including phenoxy) is 1. The van der Waals surface area contributed by atoms with E-state index < -0.39 is 6.36 Å². The van der Waals surface area contributed by atoms with E-state index in [4.69, 9.17) is 0 Å². The van der Waals surface area contributed by atoms with Gasteiger partial charge in [0.25, 0.3) is 0 Å². The molecule has 8 heteroatoms. The van der Waals surface area contributed by atoms with Crippen molar-refractivity contribution in [1.29, 1.82) is 0 Å². The molecule has 4 nitrogen and oxygen atoms in total. The second kappa shape index (κ2) is 8.74. The van der Waals surface area contributed by atoms with Crippen LogP contribution in [0.25, 0.3) is 0 Å². The molecule has 0 aliphatic carbocycles. The summed E-state index contributed by atoms with van der Waals surface area (Å²) in [7, 11) is 0. The molecule has 120 valence electrons. The second-order valence-electron chi connectivity index (χ2n) is 4.24. The fourth-order valence-corrected chi connectivity index (χ4v) is 1.44. The molecule has 0 radical (unpaired) electrons. The highest BCUT2D eigenvalue weighted by Gasteiger charge is 2.30. The van der Waals surface area contributed by atoms with Crippen molar-refractivity contribution in [1.82, 2.24) is 5.32 Å². The number of amides is 1. The standard InChI is InChI=1S/C13H17F3N2O2.ClH/c1-3-8-17-9(2)12(19)18-10-4-6-11(7-5-10)20-13(14,15)16;/h4-7,9,17H,3,8H2,1-2H3,(H,18,19);1H. The van der Waals surface area contributed by atoms with Crippen molar-refractivity contribution in [3.63, 3.8) is 0 Å². The molecule has 1 unspecified atom stereocenters. The van der Waals surface area contributed by atoms with Gasteiger partial charge in [0.1, 0.15) is 5.75 Å². The SMILES string of the molecule is CCCNC(C)C(=O)Nc1ccc(OC(F)(F)F)cc1.Cl. The Hall–Kier alpha value is -1.47. The van der Waals surface area contributed by atoms with Gasteiger partial charge in [0.05, 0.1) is 6.04 Å². The van der Waals surface area contributed by atoms with Crippen LogP contribution in [0.2, 0.25) is 0 Å². The second-order valence-corrected chi connectivity index (χ2v) is 4.24. The highest BCUT2D eigenvalue weighted by Crippen LogP contribution is 2.23. The van der Waals surface area contributed by atoms with Crippen LogP contribution in [0.15, 0.2) is 24.3 Å². The Morgan fingerprint density at radius 2 is 1.86 bits per heavy atom. The molecular formula is C13H18ClF3N2O2. The van der Waals surface area contributed by atoms with Crippen LogP contribution in [-0.4, -0.2) is 24.9 Å². The normalized spacial score (nSPS) is 12.2. The summed E-state index contributed by atoms with van der Waals surface area (Å²) in [5.74, 6) is -0.574. The van der Waals surface area contributed by atoms with Crippen molar-refractivity contribution >= 4 is 24.0 Å². The monoisotopic (exact) mass is 326 g/mol. The summed E-state index contributed by atoms with van der Waals surface area (Å²) in [6, 6.07) is 4.62. The molecule has 1 atom stereocenters. The minimum absolute atomic E-state index is 0. The lowest BCUT2D eigenvalue weighted by Crippen LogP contribution is -2.38. The number of anilines is 1. The van der Waals surface area contributed by atoms with E-state index in [9.17, 15) is 18.0 Å². The van der Waals surface area contributed by atoms with Crippen LogP contribution in [0, 0.1) is 0 Å². The van der Waals surface area contributed by atoms with E-state index in [2.05, 4.69) is 15.4 Å². The fraction of sp³-hybridized carbons (Fsp3) is 0.462. The van der Waals surface area contributed by atoms with Crippen molar-refractivity contribution in [3.8, 4) is 5.75 Å². The lowest BCUT2D eigenvalue weighted by atomic mass is 10.2. The van der Waals surface area contributed by atoms with Crippen molar-refractivity contribution in [3.05, 3.63) is 24.3 Å². The summed E-state index contributed by atoms with van der Waals surface area (Å²) in [6.45, 7) is 4.41.